The van der Waals surface area contributed by atoms with Crippen LogP contribution in [0.15, 0.2) is 24.3 Å². The third-order valence-electron chi connectivity index (χ3n) is 14.8. The Morgan fingerprint density at radius 1 is 0.486 bits per heavy atom. The number of hydrogen-bond acceptors (Lipinski definition) is 8. The zero-order chi connectivity index (χ0) is 50.8. The van der Waals surface area contributed by atoms with Crippen LogP contribution < -0.4 is 5.32 Å². The van der Waals surface area contributed by atoms with Crippen LogP contribution in [0.2, 0.25) is 0 Å². The maximum absolute atomic E-state index is 13.1. The molecule has 7 unspecified atom stereocenters. The van der Waals surface area contributed by atoms with Crippen molar-refractivity contribution in [2.75, 3.05) is 13.2 Å². The van der Waals surface area contributed by atoms with Crippen molar-refractivity contribution >= 4 is 5.91 Å². The highest BCUT2D eigenvalue weighted by molar-refractivity contribution is 5.76. The summed E-state index contributed by atoms with van der Waals surface area (Å²) in [6.07, 6.45) is 57.8. The molecular formula is C61H117NO8. The Balaban J connectivity index is 2.14. The van der Waals surface area contributed by atoms with Crippen LogP contribution in [0, 0.1) is 0 Å². The molecule has 0 spiro atoms. The fraction of sp³-hybridized carbons (Fsp3) is 0.918. The van der Waals surface area contributed by atoms with Gasteiger partial charge in [-0.05, 0) is 44.9 Å². The van der Waals surface area contributed by atoms with Gasteiger partial charge >= 0.3 is 0 Å². The van der Waals surface area contributed by atoms with Gasteiger partial charge in [0.05, 0.1) is 25.4 Å². The average molecular weight is 993 g/mol. The minimum Gasteiger partial charge on any atom is -0.394 e. The minimum absolute atomic E-state index is 0.134. The molecule has 0 saturated carbocycles. The summed E-state index contributed by atoms with van der Waals surface area (Å²) in [4.78, 5) is 13.1. The lowest BCUT2D eigenvalue weighted by Gasteiger charge is -2.40. The highest BCUT2D eigenvalue weighted by Crippen LogP contribution is 2.23. The number of aliphatic hydroxyl groups is 5. The maximum Gasteiger partial charge on any atom is 0.220 e. The molecule has 1 aliphatic heterocycles. The molecule has 0 aromatic heterocycles. The van der Waals surface area contributed by atoms with Crippen molar-refractivity contribution in [3.05, 3.63) is 24.3 Å². The summed E-state index contributed by atoms with van der Waals surface area (Å²) in [7, 11) is 0. The van der Waals surface area contributed by atoms with E-state index in [9.17, 15) is 30.3 Å². The van der Waals surface area contributed by atoms with Gasteiger partial charge < -0.3 is 40.3 Å². The molecule has 1 rings (SSSR count). The SMILES string of the molecule is CCCCCCC/C=C\C/C=C\CCCCCCCCCCCCCCCCCCCC(=O)NC(COC1OC(CO)C(O)C(O)C1O)C(O)CCCCCCCCCCCCCCCCCCCC. The monoisotopic (exact) mass is 992 g/mol. The standard InChI is InChI=1S/C61H117NO8/c1-3-5-7-9-11-13-15-17-19-21-23-24-25-26-27-28-29-30-31-32-33-35-37-39-41-43-45-47-49-51-57(65)62-54(53-69-61-60(68)59(67)58(66)56(52-63)70-61)55(64)50-48-46-44-42-40-38-36-34-22-20-18-16-14-12-10-8-6-4-2/h15,17,21,23,54-56,58-61,63-64,66-68H,3-14,16,18-20,22,24-53H2,1-2H3,(H,62,65)/b17-15-,23-21-. The molecule has 7 atom stereocenters. The second kappa shape index (κ2) is 51.2. The van der Waals surface area contributed by atoms with E-state index < -0.39 is 49.5 Å². The van der Waals surface area contributed by atoms with E-state index in [1.165, 1.54) is 231 Å². The topological polar surface area (TPSA) is 149 Å². The number of amides is 1. The third-order valence-corrected chi connectivity index (χ3v) is 14.8. The molecule has 1 heterocycles. The lowest BCUT2D eigenvalue weighted by Crippen LogP contribution is -2.60. The van der Waals surface area contributed by atoms with E-state index in [0.29, 0.717) is 12.8 Å². The van der Waals surface area contributed by atoms with Gasteiger partial charge in [0, 0.05) is 6.42 Å². The molecule has 1 aliphatic rings. The van der Waals surface area contributed by atoms with Crippen LogP contribution in [-0.2, 0) is 14.3 Å². The van der Waals surface area contributed by atoms with Crippen molar-refractivity contribution in [1.29, 1.82) is 0 Å². The molecule has 9 nitrogen and oxygen atoms in total. The number of nitrogens with one attached hydrogen (secondary N) is 1. The molecular weight excluding hydrogens is 875 g/mol. The first-order valence-electron chi connectivity index (χ1n) is 30.5. The highest BCUT2D eigenvalue weighted by atomic mass is 16.7. The first-order valence-corrected chi connectivity index (χ1v) is 30.5. The number of carbonyl (C=O) groups excluding carboxylic acids is 1. The van der Waals surface area contributed by atoms with E-state index >= 15 is 0 Å². The summed E-state index contributed by atoms with van der Waals surface area (Å²) in [5.41, 5.74) is 0. The lowest BCUT2D eigenvalue weighted by atomic mass is 9.99. The first-order chi connectivity index (χ1) is 34.3. The number of aliphatic hydroxyl groups excluding tert-OH is 5. The van der Waals surface area contributed by atoms with Crippen molar-refractivity contribution in [3.8, 4) is 0 Å². The quantitative estimate of drug-likeness (QED) is 0.0261. The predicted octanol–water partition coefficient (Wildman–Crippen LogP) is 15.4. The van der Waals surface area contributed by atoms with Crippen LogP contribution in [0.25, 0.3) is 0 Å². The summed E-state index contributed by atoms with van der Waals surface area (Å²) in [5, 5.41) is 54.7. The van der Waals surface area contributed by atoms with Gasteiger partial charge in [-0.2, -0.15) is 0 Å². The van der Waals surface area contributed by atoms with E-state index in [1.807, 2.05) is 0 Å². The van der Waals surface area contributed by atoms with Crippen molar-refractivity contribution in [2.45, 2.75) is 346 Å². The molecule has 0 aromatic rings. The minimum atomic E-state index is -1.55. The van der Waals surface area contributed by atoms with E-state index in [4.69, 9.17) is 9.47 Å². The van der Waals surface area contributed by atoms with Gasteiger partial charge in [-0.3, -0.25) is 4.79 Å². The predicted molar refractivity (Wildman–Crippen MR) is 295 cm³/mol. The lowest BCUT2D eigenvalue weighted by molar-refractivity contribution is -0.302. The second-order valence-corrected chi connectivity index (χ2v) is 21.5. The summed E-state index contributed by atoms with van der Waals surface area (Å²) < 4.78 is 11.3. The van der Waals surface area contributed by atoms with Crippen LogP contribution in [0.1, 0.15) is 303 Å². The van der Waals surface area contributed by atoms with Gasteiger partial charge in [-0.15, -0.1) is 0 Å². The Kier molecular flexibility index (Phi) is 48.7. The van der Waals surface area contributed by atoms with E-state index in [1.54, 1.807) is 0 Å². The fourth-order valence-corrected chi connectivity index (χ4v) is 9.96. The van der Waals surface area contributed by atoms with Crippen molar-refractivity contribution in [3.63, 3.8) is 0 Å². The molecule has 0 aliphatic carbocycles. The number of ether oxygens (including phenoxy) is 2. The average Bonchev–Trinajstić information content (AvgIpc) is 3.36. The van der Waals surface area contributed by atoms with Crippen LogP contribution in [0.4, 0.5) is 0 Å². The zero-order valence-corrected chi connectivity index (χ0v) is 46.0. The Morgan fingerprint density at radius 2 is 0.843 bits per heavy atom. The molecule has 1 amide bonds. The zero-order valence-electron chi connectivity index (χ0n) is 46.0. The maximum atomic E-state index is 13.1. The van der Waals surface area contributed by atoms with Crippen LogP contribution in [0.5, 0.6) is 0 Å². The normalized spacial score (nSPS) is 19.4. The molecule has 414 valence electrons. The van der Waals surface area contributed by atoms with Crippen molar-refractivity contribution in [1.82, 2.24) is 5.32 Å². The molecule has 70 heavy (non-hydrogen) atoms. The molecule has 0 aromatic carbocycles. The third kappa shape index (κ3) is 40.1. The smallest absolute Gasteiger partial charge is 0.220 e. The van der Waals surface area contributed by atoms with Crippen LogP contribution in [0.3, 0.4) is 0 Å². The molecule has 0 radical (unpaired) electrons. The van der Waals surface area contributed by atoms with Crippen LogP contribution in [-0.4, -0.2) is 87.5 Å². The number of rotatable bonds is 53. The summed E-state index contributed by atoms with van der Waals surface area (Å²) in [5.74, 6) is -0.139. The molecule has 6 N–H and O–H groups in total. The number of hydrogen-bond donors (Lipinski definition) is 6. The van der Waals surface area contributed by atoms with Gasteiger partial charge in [-0.25, -0.2) is 0 Å². The highest BCUT2D eigenvalue weighted by Gasteiger charge is 2.44. The first kappa shape index (κ1) is 66.7. The van der Waals surface area contributed by atoms with E-state index in [0.717, 1.165) is 44.9 Å². The van der Waals surface area contributed by atoms with E-state index in [2.05, 4.69) is 43.5 Å². The van der Waals surface area contributed by atoms with Gasteiger partial charge in [0.2, 0.25) is 5.91 Å². The number of carbonyl (C=O) groups is 1. The summed E-state index contributed by atoms with van der Waals surface area (Å²) in [6, 6.07) is -0.717. The van der Waals surface area contributed by atoms with Gasteiger partial charge in [-0.1, -0.05) is 276 Å². The Morgan fingerprint density at radius 3 is 1.23 bits per heavy atom. The summed E-state index contributed by atoms with van der Waals surface area (Å²) >= 11 is 0. The van der Waals surface area contributed by atoms with Crippen molar-refractivity contribution < 1.29 is 39.8 Å². The largest absolute Gasteiger partial charge is 0.394 e. The van der Waals surface area contributed by atoms with E-state index in [-0.39, 0.29) is 12.5 Å². The summed E-state index contributed by atoms with van der Waals surface area (Å²) in [6.45, 7) is 3.87. The molecule has 1 saturated heterocycles. The Bertz CT molecular complexity index is 1150. The number of allylic oxidation sites excluding steroid dienone is 4. The molecule has 0 bridgehead atoms. The van der Waals surface area contributed by atoms with Crippen molar-refractivity contribution in [2.24, 2.45) is 0 Å². The second-order valence-electron chi connectivity index (χ2n) is 21.5. The molecule has 9 heteroatoms. The van der Waals surface area contributed by atoms with Crippen LogP contribution >= 0.6 is 0 Å². The molecule has 1 fully saturated rings. The van der Waals surface area contributed by atoms with Gasteiger partial charge in [0.1, 0.15) is 24.4 Å². The Hall–Kier alpha value is -1.33. The number of unbranched alkanes of at least 4 members (excludes halogenated alkanes) is 39. The Labute approximate surface area is 432 Å². The van der Waals surface area contributed by atoms with Gasteiger partial charge in [0.25, 0.3) is 0 Å². The fourth-order valence-electron chi connectivity index (χ4n) is 9.96. The van der Waals surface area contributed by atoms with Gasteiger partial charge in [0.15, 0.2) is 6.29 Å².